The van der Waals surface area contributed by atoms with E-state index in [-0.39, 0.29) is 30.6 Å². The van der Waals surface area contributed by atoms with E-state index in [1.165, 1.54) is 18.2 Å². The highest BCUT2D eigenvalue weighted by Crippen LogP contribution is 2.20. The minimum atomic E-state index is -0.970. The summed E-state index contributed by atoms with van der Waals surface area (Å²) in [5.41, 5.74) is -0.966. The van der Waals surface area contributed by atoms with E-state index in [0.717, 1.165) is 0 Å². The number of carbonyl (C=O) groups is 4. The second-order valence-corrected chi connectivity index (χ2v) is 10.1. The Hall–Kier alpha value is -2.82. The number of benzene rings is 1. The van der Waals surface area contributed by atoms with Gasteiger partial charge in [-0.25, -0.2) is 9.18 Å². The van der Waals surface area contributed by atoms with Crippen LogP contribution in [0.1, 0.15) is 47.0 Å². The summed E-state index contributed by atoms with van der Waals surface area (Å²) in [7, 11) is 0. The van der Waals surface area contributed by atoms with Crippen molar-refractivity contribution in [3.63, 3.8) is 0 Å². The molecular weight excluding hydrogens is 477 g/mol. The molecule has 1 aromatic carbocycles. The van der Waals surface area contributed by atoms with Crippen LogP contribution < -0.4 is 20.7 Å². The molecule has 1 aliphatic heterocycles. The molecule has 9 nitrogen and oxygen atoms in total. The maximum absolute atomic E-state index is 13.4. The molecule has 1 fully saturated rings. The van der Waals surface area contributed by atoms with E-state index in [4.69, 9.17) is 9.47 Å². The summed E-state index contributed by atoms with van der Waals surface area (Å²) in [4.78, 5) is 49.3. The fourth-order valence-electron chi connectivity index (χ4n) is 3.65. The Labute approximate surface area is 210 Å². The first kappa shape index (κ1) is 28.4. The van der Waals surface area contributed by atoms with Crippen LogP contribution in [0, 0.1) is 17.7 Å². The monoisotopic (exact) mass is 511 g/mol. The van der Waals surface area contributed by atoms with Crippen molar-refractivity contribution in [1.82, 2.24) is 16.0 Å². The Kier molecular flexibility index (Phi) is 10.4. The van der Waals surface area contributed by atoms with Gasteiger partial charge in [0.2, 0.25) is 16.9 Å². The van der Waals surface area contributed by atoms with E-state index in [2.05, 4.69) is 28.6 Å². The van der Waals surface area contributed by atoms with Crippen molar-refractivity contribution in [2.45, 2.75) is 64.6 Å². The Bertz CT molecular complexity index is 926. The fourth-order valence-corrected chi connectivity index (χ4v) is 3.82. The third-order valence-electron chi connectivity index (χ3n) is 5.35. The van der Waals surface area contributed by atoms with E-state index in [9.17, 15) is 23.6 Å². The fraction of sp³-hybridized carbons (Fsp3) is 0.583. The van der Waals surface area contributed by atoms with Crippen LogP contribution in [0.25, 0.3) is 0 Å². The van der Waals surface area contributed by atoms with Crippen LogP contribution in [0.5, 0.6) is 5.75 Å². The number of hydrogen-bond acceptors (Lipinski definition) is 6. The van der Waals surface area contributed by atoms with Gasteiger partial charge in [0.1, 0.15) is 29.8 Å². The van der Waals surface area contributed by atoms with Crippen LogP contribution >= 0.6 is 12.6 Å². The number of rotatable bonds is 12. The SMILES string of the molecule is CC(C)C[C@H](NC(=O)OCC(C)(C)Oc1cccc(F)c1)C(=O)N[C@@H](C[C@@H]1CCNC1=O)C(=O)S. The van der Waals surface area contributed by atoms with Gasteiger partial charge in [-0.05, 0) is 51.2 Å². The molecule has 0 saturated carbocycles. The van der Waals surface area contributed by atoms with Crippen LogP contribution in [0.2, 0.25) is 0 Å². The summed E-state index contributed by atoms with van der Waals surface area (Å²) in [5, 5.41) is 7.27. The summed E-state index contributed by atoms with van der Waals surface area (Å²) in [6, 6.07) is 3.67. The molecule has 1 aliphatic rings. The molecular formula is C24H34FN3O6S. The highest BCUT2D eigenvalue weighted by atomic mass is 32.1. The Morgan fingerprint density at radius 1 is 1.23 bits per heavy atom. The van der Waals surface area contributed by atoms with Crippen molar-refractivity contribution in [2.75, 3.05) is 13.2 Å². The van der Waals surface area contributed by atoms with Crippen molar-refractivity contribution in [1.29, 1.82) is 0 Å². The first-order valence-corrected chi connectivity index (χ1v) is 12.0. The number of alkyl carbamates (subject to hydrolysis) is 1. The smallest absolute Gasteiger partial charge is 0.407 e. The van der Waals surface area contributed by atoms with E-state index in [0.29, 0.717) is 19.4 Å². The first-order valence-electron chi connectivity index (χ1n) is 11.5. The van der Waals surface area contributed by atoms with Crippen LogP contribution in [-0.4, -0.2) is 53.9 Å². The number of nitrogens with one attached hydrogen (secondary N) is 3. The third-order valence-corrected chi connectivity index (χ3v) is 5.67. The van der Waals surface area contributed by atoms with Crippen molar-refractivity contribution in [3.05, 3.63) is 30.1 Å². The van der Waals surface area contributed by atoms with E-state index < -0.39 is 46.5 Å². The molecule has 0 bridgehead atoms. The largest absolute Gasteiger partial charge is 0.484 e. The van der Waals surface area contributed by atoms with Crippen LogP contribution in [0.15, 0.2) is 24.3 Å². The minimum absolute atomic E-state index is 0.0459. The molecule has 0 spiro atoms. The highest BCUT2D eigenvalue weighted by Gasteiger charge is 2.32. The Balaban J connectivity index is 1.95. The lowest BCUT2D eigenvalue weighted by molar-refractivity contribution is -0.128. The number of halogens is 1. The maximum Gasteiger partial charge on any atom is 0.407 e. The summed E-state index contributed by atoms with van der Waals surface area (Å²) in [6.07, 6.45) is 0.150. The first-order chi connectivity index (χ1) is 16.4. The average Bonchev–Trinajstić information content (AvgIpc) is 3.15. The average molecular weight is 512 g/mol. The maximum atomic E-state index is 13.4. The van der Waals surface area contributed by atoms with Crippen molar-refractivity contribution in [3.8, 4) is 5.75 Å². The van der Waals surface area contributed by atoms with E-state index in [1.54, 1.807) is 19.9 Å². The normalized spacial score (nSPS) is 17.3. The highest BCUT2D eigenvalue weighted by molar-refractivity contribution is 7.96. The number of hydrogen-bond donors (Lipinski definition) is 4. The van der Waals surface area contributed by atoms with Gasteiger partial charge >= 0.3 is 6.09 Å². The van der Waals surface area contributed by atoms with Crippen LogP contribution in [0.4, 0.5) is 9.18 Å². The Morgan fingerprint density at radius 3 is 2.51 bits per heavy atom. The van der Waals surface area contributed by atoms with Crippen molar-refractivity contribution < 1.29 is 33.0 Å². The molecule has 11 heteroatoms. The molecule has 0 aliphatic carbocycles. The molecule has 0 radical (unpaired) electrons. The quantitative estimate of drug-likeness (QED) is 0.320. The Morgan fingerprint density at radius 2 is 1.94 bits per heavy atom. The summed E-state index contributed by atoms with van der Waals surface area (Å²) in [5.74, 6) is -1.25. The zero-order valence-corrected chi connectivity index (χ0v) is 21.3. The predicted octanol–water partition coefficient (Wildman–Crippen LogP) is 2.59. The molecule has 35 heavy (non-hydrogen) atoms. The lowest BCUT2D eigenvalue weighted by Crippen LogP contribution is -2.52. The molecule has 0 aromatic heterocycles. The molecule has 1 heterocycles. The number of ether oxygens (including phenoxy) is 2. The summed E-state index contributed by atoms with van der Waals surface area (Å²) < 4.78 is 24.4. The second kappa shape index (κ2) is 12.8. The lowest BCUT2D eigenvalue weighted by atomic mass is 9.98. The van der Waals surface area contributed by atoms with Gasteiger partial charge in [0.25, 0.3) is 0 Å². The number of thiol groups is 1. The van der Waals surface area contributed by atoms with Gasteiger partial charge in [0.05, 0.1) is 6.04 Å². The number of amides is 3. The minimum Gasteiger partial charge on any atom is -0.484 e. The number of carbonyl (C=O) groups excluding carboxylic acids is 4. The van der Waals surface area contributed by atoms with Gasteiger partial charge in [-0.15, -0.1) is 12.6 Å². The molecule has 3 atom stereocenters. The lowest BCUT2D eigenvalue weighted by Gasteiger charge is -2.27. The van der Waals surface area contributed by atoms with Gasteiger partial charge in [-0.2, -0.15) is 0 Å². The van der Waals surface area contributed by atoms with Crippen molar-refractivity contribution >= 4 is 35.7 Å². The molecule has 194 valence electrons. The van der Waals surface area contributed by atoms with E-state index in [1.807, 2.05) is 13.8 Å². The van der Waals surface area contributed by atoms with Crippen LogP contribution in [-0.2, 0) is 19.1 Å². The molecule has 1 saturated heterocycles. The summed E-state index contributed by atoms with van der Waals surface area (Å²) in [6.45, 7) is 7.46. The van der Waals surface area contributed by atoms with Gasteiger partial charge < -0.3 is 25.4 Å². The standard InChI is InChI=1S/C24H34FN3O6S/c1-14(2)10-18(21(30)27-19(22(31)35)11-15-8-9-26-20(15)29)28-23(32)33-13-24(3,4)34-17-7-5-6-16(25)12-17/h5-7,12,14-15,18-19H,8-11,13H2,1-4H3,(H,26,29)(H,27,30)(H,28,32)(H,31,35)/t15-,18-,19-/m0/s1. The molecule has 3 amide bonds. The van der Waals surface area contributed by atoms with Gasteiger partial charge in [0, 0.05) is 18.5 Å². The molecule has 0 unspecified atom stereocenters. The topological polar surface area (TPSA) is 123 Å². The predicted molar refractivity (Wildman–Crippen MR) is 130 cm³/mol. The van der Waals surface area contributed by atoms with Crippen LogP contribution in [0.3, 0.4) is 0 Å². The third kappa shape index (κ3) is 9.75. The summed E-state index contributed by atoms with van der Waals surface area (Å²) >= 11 is 3.86. The zero-order chi connectivity index (χ0) is 26.2. The zero-order valence-electron chi connectivity index (χ0n) is 20.4. The van der Waals surface area contributed by atoms with Gasteiger partial charge in [-0.1, -0.05) is 19.9 Å². The molecule has 2 rings (SSSR count). The second-order valence-electron chi connectivity index (χ2n) is 9.63. The van der Waals surface area contributed by atoms with Crippen molar-refractivity contribution in [2.24, 2.45) is 11.8 Å². The molecule has 1 aromatic rings. The molecule has 3 N–H and O–H groups in total. The van der Waals surface area contributed by atoms with Gasteiger partial charge in [0.15, 0.2) is 0 Å². The van der Waals surface area contributed by atoms with E-state index >= 15 is 0 Å². The van der Waals surface area contributed by atoms with Gasteiger partial charge in [-0.3, -0.25) is 14.4 Å².